The second kappa shape index (κ2) is 3.84. The van der Waals surface area contributed by atoms with Crippen molar-refractivity contribution < 1.29 is 9.53 Å². The lowest BCUT2D eigenvalue weighted by Gasteiger charge is -2.03. The average molecular weight is 265 g/mol. The Bertz CT molecular complexity index is 851. The number of hydrogen-bond donors (Lipinski definition) is 1. The first-order chi connectivity index (χ1) is 9.78. The minimum Gasteiger partial charge on any atom is -0.465 e. The Morgan fingerprint density at radius 1 is 1.30 bits per heavy atom. The molecule has 0 bridgehead atoms. The van der Waals surface area contributed by atoms with E-state index in [4.69, 9.17) is 4.74 Å². The number of nitrogens with one attached hydrogen (secondary N) is 1. The highest BCUT2D eigenvalue weighted by molar-refractivity contribution is 5.98. The van der Waals surface area contributed by atoms with Crippen LogP contribution in [0.1, 0.15) is 10.4 Å². The van der Waals surface area contributed by atoms with Crippen LogP contribution in [-0.2, 0) is 4.74 Å². The number of ether oxygens (including phenoxy) is 1. The summed E-state index contributed by atoms with van der Waals surface area (Å²) in [6.07, 6.45) is 1.77. The molecule has 0 fully saturated rings. The third-order valence-electron chi connectivity index (χ3n) is 3.47. The van der Waals surface area contributed by atoms with E-state index in [0.29, 0.717) is 5.56 Å². The lowest BCUT2D eigenvalue weighted by molar-refractivity contribution is 0.0601. The quantitative estimate of drug-likeness (QED) is 0.447. The molecule has 98 valence electrons. The van der Waals surface area contributed by atoms with Crippen LogP contribution in [0.3, 0.4) is 0 Å². The van der Waals surface area contributed by atoms with Crippen LogP contribution in [0.4, 0.5) is 11.4 Å². The second-order valence-corrected chi connectivity index (χ2v) is 4.63. The zero-order valence-corrected chi connectivity index (χ0v) is 10.8. The van der Waals surface area contributed by atoms with Crippen molar-refractivity contribution in [2.75, 3.05) is 12.4 Å². The van der Waals surface area contributed by atoms with Gasteiger partial charge < -0.3 is 10.1 Å². The molecule has 5 nitrogen and oxygen atoms in total. The van der Waals surface area contributed by atoms with E-state index in [-0.39, 0.29) is 5.97 Å². The van der Waals surface area contributed by atoms with E-state index in [1.165, 1.54) is 7.11 Å². The van der Waals surface area contributed by atoms with Crippen molar-refractivity contribution in [1.29, 1.82) is 0 Å². The molecule has 0 saturated carbocycles. The van der Waals surface area contributed by atoms with Crippen molar-refractivity contribution in [3.05, 3.63) is 48.3 Å². The monoisotopic (exact) mass is 265 g/mol. The molecule has 20 heavy (non-hydrogen) atoms. The van der Waals surface area contributed by atoms with Crippen LogP contribution in [0.15, 0.2) is 42.7 Å². The standard InChI is InChI=1S/C15H11N3O2/c1-20-15(19)9-5-6-12-11(7-9)16-8-18(12)13-4-2-3-10-14(13)17-10/h2-8,17H,1H3. The Morgan fingerprint density at radius 3 is 3.05 bits per heavy atom. The number of nitrogens with zero attached hydrogens (tertiary/aromatic N) is 2. The number of carbonyl (C=O) groups is 1. The molecule has 2 aromatic carbocycles. The molecule has 4 rings (SSSR count). The maximum Gasteiger partial charge on any atom is 0.337 e. The van der Waals surface area contributed by atoms with E-state index in [1.807, 2.05) is 28.8 Å². The Labute approximate surface area is 114 Å². The predicted molar refractivity (Wildman–Crippen MR) is 75.7 cm³/mol. The topological polar surface area (TPSA) is 66.1 Å². The normalized spacial score (nSPS) is 11.8. The third kappa shape index (κ3) is 1.50. The van der Waals surface area contributed by atoms with Gasteiger partial charge in [-0.05, 0) is 30.3 Å². The summed E-state index contributed by atoms with van der Waals surface area (Å²) in [5.74, 6) is -0.352. The molecule has 0 spiro atoms. The summed E-state index contributed by atoms with van der Waals surface area (Å²) in [6, 6.07) is 11.5. The van der Waals surface area contributed by atoms with Crippen LogP contribution in [0.2, 0.25) is 0 Å². The highest BCUT2D eigenvalue weighted by Crippen LogP contribution is 2.44. The smallest absolute Gasteiger partial charge is 0.337 e. The minimum atomic E-state index is -0.352. The lowest BCUT2D eigenvalue weighted by atomic mass is 10.2. The largest absolute Gasteiger partial charge is 0.465 e. The van der Waals surface area contributed by atoms with E-state index >= 15 is 0 Å². The molecular formula is C15H11N3O2. The first-order valence-corrected chi connectivity index (χ1v) is 6.24. The SMILES string of the molecule is COC(=O)c1ccc2c(c1)ncn2-c1cccc2c1N2. The van der Waals surface area contributed by atoms with Crippen LogP contribution >= 0.6 is 0 Å². The fraction of sp³-hybridized carbons (Fsp3) is 0.0667. The van der Waals surface area contributed by atoms with Gasteiger partial charge in [-0.25, -0.2) is 9.78 Å². The molecule has 2 heterocycles. The number of rotatable bonds is 2. The molecule has 0 aliphatic carbocycles. The summed E-state index contributed by atoms with van der Waals surface area (Å²) in [4.78, 5) is 15.9. The summed E-state index contributed by atoms with van der Waals surface area (Å²) in [5, 5.41) is 3.23. The highest BCUT2D eigenvalue weighted by Gasteiger charge is 2.21. The summed E-state index contributed by atoms with van der Waals surface area (Å²) in [5.41, 5.74) is 5.58. The Kier molecular flexibility index (Phi) is 2.12. The van der Waals surface area contributed by atoms with Crippen LogP contribution in [0.25, 0.3) is 16.7 Å². The zero-order valence-electron chi connectivity index (χ0n) is 10.8. The minimum absolute atomic E-state index is 0.352. The molecule has 1 N–H and O–H groups in total. The zero-order chi connectivity index (χ0) is 13.7. The van der Waals surface area contributed by atoms with Crippen LogP contribution in [-0.4, -0.2) is 22.6 Å². The number of benzene rings is 2. The van der Waals surface area contributed by atoms with Gasteiger partial charge in [0, 0.05) is 0 Å². The van der Waals surface area contributed by atoms with E-state index in [0.717, 1.165) is 28.1 Å². The predicted octanol–water partition coefficient (Wildman–Crippen LogP) is 2.87. The van der Waals surface area contributed by atoms with Crippen molar-refractivity contribution in [3.63, 3.8) is 0 Å². The first-order valence-electron chi connectivity index (χ1n) is 6.24. The van der Waals surface area contributed by atoms with Crippen molar-refractivity contribution in [3.8, 4) is 5.69 Å². The molecular weight excluding hydrogens is 254 g/mol. The van der Waals surface area contributed by atoms with Crippen molar-refractivity contribution in [2.24, 2.45) is 0 Å². The summed E-state index contributed by atoms with van der Waals surface area (Å²) in [6.45, 7) is 0. The number of fused-ring (bicyclic) bond motifs is 2. The Hall–Kier alpha value is -2.82. The number of aromatic nitrogens is 2. The Balaban J connectivity index is 1.87. The second-order valence-electron chi connectivity index (χ2n) is 4.63. The Morgan fingerprint density at radius 2 is 2.20 bits per heavy atom. The number of imidazole rings is 1. The molecule has 5 heteroatoms. The lowest BCUT2D eigenvalue weighted by Crippen LogP contribution is -2.00. The van der Waals surface area contributed by atoms with Gasteiger partial charge in [-0.2, -0.15) is 0 Å². The van der Waals surface area contributed by atoms with Gasteiger partial charge in [-0.3, -0.25) is 4.57 Å². The molecule has 0 radical (unpaired) electrons. The van der Waals surface area contributed by atoms with Crippen LogP contribution in [0.5, 0.6) is 0 Å². The van der Waals surface area contributed by atoms with Crippen LogP contribution < -0.4 is 5.32 Å². The van der Waals surface area contributed by atoms with E-state index < -0.39 is 0 Å². The van der Waals surface area contributed by atoms with Gasteiger partial charge >= 0.3 is 5.97 Å². The maximum absolute atomic E-state index is 11.5. The molecule has 0 atom stereocenters. The molecule has 1 aliphatic heterocycles. The van der Waals surface area contributed by atoms with Gasteiger partial charge in [-0.15, -0.1) is 0 Å². The molecule has 1 aromatic heterocycles. The molecule has 1 aliphatic rings. The number of para-hydroxylation sites is 1. The summed E-state index contributed by atoms with van der Waals surface area (Å²) >= 11 is 0. The van der Waals surface area contributed by atoms with E-state index in [2.05, 4.69) is 10.3 Å². The number of esters is 1. The summed E-state index contributed by atoms with van der Waals surface area (Å²) in [7, 11) is 1.37. The molecule has 0 saturated heterocycles. The van der Waals surface area contributed by atoms with Gasteiger partial charge in [-0.1, -0.05) is 6.07 Å². The van der Waals surface area contributed by atoms with Crippen LogP contribution in [0, 0.1) is 0 Å². The molecule has 0 unspecified atom stereocenters. The van der Waals surface area contributed by atoms with E-state index in [9.17, 15) is 4.79 Å². The van der Waals surface area contributed by atoms with E-state index in [1.54, 1.807) is 18.5 Å². The van der Waals surface area contributed by atoms with Gasteiger partial charge in [0.2, 0.25) is 0 Å². The van der Waals surface area contributed by atoms with Gasteiger partial charge in [0.1, 0.15) is 6.33 Å². The van der Waals surface area contributed by atoms with Gasteiger partial charge in [0.25, 0.3) is 0 Å². The summed E-state index contributed by atoms with van der Waals surface area (Å²) < 4.78 is 6.73. The first kappa shape index (κ1) is 11.0. The van der Waals surface area contributed by atoms with Crippen molar-refractivity contribution in [1.82, 2.24) is 9.55 Å². The fourth-order valence-corrected chi connectivity index (χ4v) is 2.40. The number of anilines is 2. The molecule has 0 amide bonds. The highest BCUT2D eigenvalue weighted by atomic mass is 16.5. The van der Waals surface area contributed by atoms with Crippen molar-refractivity contribution in [2.45, 2.75) is 0 Å². The number of methoxy groups -OCH3 is 1. The maximum atomic E-state index is 11.5. The van der Waals surface area contributed by atoms with Gasteiger partial charge in [0.05, 0.1) is 40.8 Å². The number of hydrogen-bond acceptors (Lipinski definition) is 4. The van der Waals surface area contributed by atoms with Crippen molar-refractivity contribution >= 4 is 28.4 Å². The number of carbonyl (C=O) groups excluding carboxylic acids is 1. The molecule has 3 aromatic rings. The average Bonchev–Trinajstić information content (AvgIpc) is 3.17. The van der Waals surface area contributed by atoms with Gasteiger partial charge in [0.15, 0.2) is 0 Å². The third-order valence-corrected chi connectivity index (χ3v) is 3.47. The fourth-order valence-electron chi connectivity index (χ4n) is 2.40.